The number of hydrogen-bond acceptors (Lipinski definition) is 2. The lowest BCUT2D eigenvalue weighted by Crippen LogP contribution is -2.55. The van der Waals surface area contributed by atoms with Crippen molar-refractivity contribution in [2.75, 3.05) is 19.8 Å². The summed E-state index contributed by atoms with van der Waals surface area (Å²) in [5.74, 6) is -1.47. The van der Waals surface area contributed by atoms with Crippen molar-refractivity contribution in [2.24, 2.45) is 11.8 Å². The van der Waals surface area contributed by atoms with Gasteiger partial charge < -0.3 is 9.84 Å². The van der Waals surface area contributed by atoms with Crippen LogP contribution in [0.25, 0.3) is 0 Å². The fourth-order valence-electron chi connectivity index (χ4n) is 2.75. The highest BCUT2D eigenvalue weighted by Crippen LogP contribution is 2.43. The number of rotatable bonds is 4. The first-order valence-corrected chi connectivity index (χ1v) is 6.15. The van der Waals surface area contributed by atoms with E-state index in [4.69, 9.17) is 4.74 Å². The second kappa shape index (κ2) is 4.94. The third-order valence-electron chi connectivity index (χ3n) is 3.92. The zero-order valence-corrected chi connectivity index (χ0v) is 10.6. The SMILES string of the molecule is CC(C)C(CO)C1(c2ccc(F)c(F)c2)COC1. The lowest BCUT2D eigenvalue weighted by Gasteiger charge is -2.48. The van der Waals surface area contributed by atoms with Gasteiger partial charge in [0.15, 0.2) is 11.6 Å². The molecule has 1 saturated heterocycles. The second-order valence-electron chi connectivity index (χ2n) is 5.31. The van der Waals surface area contributed by atoms with Crippen molar-refractivity contribution in [3.05, 3.63) is 35.4 Å². The minimum absolute atomic E-state index is 0.0139. The number of aliphatic hydroxyl groups excluding tert-OH is 1. The van der Waals surface area contributed by atoms with E-state index in [1.807, 2.05) is 13.8 Å². The van der Waals surface area contributed by atoms with Crippen molar-refractivity contribution >= 4 is 0 Å². The lowest BCUT2D eigenvalue weighted by molar-refractivity contribution is -0.111. The highest BCUT2D eigenvalue weighted by molar-refractivity contribution is 5.30. The Labute approximate surface area is 106 Å². The molecule has 1 aromatic rings. The van der Waals surface area contributed by atoms with E-state index in [9.17, 15) is 13.9 Å². The Kier molecular flexibility index (Phi) is 3.69. The topological polar surface area (TPSA) is 29.5 Å². The van der Waals surface area contributed by atoms with Crippen LogP contribution in [-0.4, -0.2) is 24.9 Å². The summed E-state index contributed by atoms with van der Waals surface area (Å²) in [7, 11) is 0. The molecule has 1 aliphatic rings. The average Bonchev–Trinajstić information content (AvgIpc) is 2.26. The first-order chi connectivity index (χ1) is 8.51. The molecule has 0 aromatic heterocycles. The average molecular weight is 256 g/mol. The first-order valence-electron chi connectivity index (χ1n) is 6.15. The summed E-state index contributed by atoms with van der Waals surface area (Å²) in [4.78, 5) is 0. The van der Waals surface area contributed by atoms with Gasteiger partial charge in [0.05, 0.1) is 13.2 Å². The van der Waals surface area contributed by atoms with Crippen LogP contribution in [0.2, 0.25) is 0 Å². The van der Waals surface area contributed by atoms with Crippen molar-refractivity contribution in [1.82, 2.24) is 0 Å². The van der Waals surface area contributed by atoms with E-state index in [0.717, 1.165) is 6.07 Å². The maximum atomic E-state index is 13.4. The molecule has 1 fully saturated rings. The van der Waals surface area contributed by atoms with E-state index in [2.05, 4.69) is 0 Å². The normalized spacial score (nSPS) is 19.7. The van der Waals surface area contributed by atoms with Gasteiger partial charge in [-0.05, 0) is 29.5 Å². The van der Waals surface area contributed by atoms with Gasteiger partial charge in [-0.15, -0.1) is 0 Å². The Morgan fingerprint density at radius 3 is 2.33 bits per heavy atom. The lowest BCUT2D eigenvalue weighted by atomic mass is 9.65. The molecule has 0 saturated carbocycles. The molecule has 18 heavy (non-hydrogen) atoms. The van der Waals surface area contributed by atoms with Gasteiger partial charge in [-0.2, -0.15) is 0 Å². The van der Waals surface area contributed by atoms with Crippen molar-refractivity contribution in [2.45, 2.75) is 19.3 Å². The summed E-state index contributed by atoms with van der Waals surface area (Å²) in [6.45, 7) is 4.94. The van der Waals surface area contributed by atoms with E-state index >= 15 is 0 Å². The number of ether oxygens (including phenoxy) is 1. The van der Waals surface area contributed by atoms with Crippen LogP contribution in [-0.2, 0) is 10.2 Å². The molecule has 1 heterocycles. The van der Waals surface area contributed by atoms with Crippen LogP contribution >= 0.6 is 0 Å². The summed E-state index contributed by atoms with van der Waals surface area (Å²) in [5, 5.41) is 9.56. The van der Waals surface area contributed by atoms with E-state index in [1.54, 1.807) is 6.07 Å². The summed E-state index contributed by atoms with van der Waals surface area (Å²) in [5.41, 5.74) is 0.317. The van der Waals surface area contributed by atoms with Crippen LogP contribution in [0.4, 0.5) is 8.78 Å². The van der Waals surface area contributed by atoms with Crippen molar-refractivity contribution in [3.8, 4) is 0 Å². The molecular formula is C14H18F2O2. The monoisotopic (exact) mass is 256 g/mol. The maximum absolute atomic E-state index is 13.4. The van der Waals surface area contributed by atoms with Crippen LogP contribution in [0.1, 0.15) is 19.4 Å². The van der Waals surface area contributed by atoms with Gasteiger partial charge in [0, 0.05) is 12.0 Å². The molecule has 4 heteroatoms. The smallest absolute Gasteiger partial charge is 0.159 e. The molecule has 0 bridgehead atoms. The molecule has 1 atom stereocenters. The standard InChI is InChI=1S/C14H18F2O2/c1-9(2)11(6-17)14(7-18-8-14)10-3-4-12(15)13(16)5-10/h3-5,9,11,17H,6-8H2,1-2H3. The predicted octanol–water partition coefficient (Wildman–Crippen LogP) is 2.50. The molecule has 1 N–H and O–H groups in total. The number of benzene rings is 1. The van der Waals surface area contributed by atoms with Crippen molar-refractivity contribution in [3.63, 3.8) is 0 Å². The maximum Gasteiger partial charge on any atom is 0.159 e. The Morgan fingerprint density at radius 1 is 1.28 bits per heavy atom. The molecule has 100 valence electrons. The van der Waals surface area contributed by atoms with Crippen molar-refractivity contribution < 1.29 is 18.6 Å². The second-order valence-corrected chi connectivity index (χ2v) is 5.31. The van der Waals surface area contributed by atoms with E-state index in [-0.39, 0.29) is 18.4 Å². The quantitative estimate of drug-likeness (QED) is 0.897. The van der Waals surface area contributed by atoms with Gasteiger partial charge in [-0.25, -0.2) is 8.78 Å². The van der Waals surface area contributed by atoms with Gasteiger partial charge >= 0.3 is 0 Å². The molecule has 0 radical (unpaired) electrons. The Morgan fingerprint density at radius 2 is 1.94 bits per heavy atom. The number of halogens is 2. The molecule has 1 aliphatic heterocycles. The summed E-state index contributed by atoms with van der Waals surface area (Å²) < 4.78 is 31.6. The third kappa shape index (κ3) is 2.04. The molecule has 2 rings (SSSR count). The van der Waals surface area contributed by atoms with E-state index in [0.29, 0.717) is 18.8 Å². The van der Waals surface area contributed by atoms with Crippen molar-refractivity contribution in [1.29, 1.82) is 0 Å². The highest BCUT2D eigenvalue weighted by Gasteiger charge is 2.48. The van der Waals surface area contributed by atoms with Gasteiger partial charge in [0.25, 0.3) is 0 Å². The molecule has 0 aliphatic carbocycles. The van der Waals surface area contributed by atoms with Crippen LogP contribution in [0.5, 0.6) is 0 Å². The van der Waals surface area contributed by atoms with Crippen LogP contribution in [0.15, 0.2) is 18.2 Å². The van der Waals surface area contributed by atoms with Gasteiger partial charge in [-0.3, -0.25) is 0 Å². The molecule has 1 unspecified atom stereocenters. The Balaban J connectivity index is 2.40. The molecule has 0 spiro atoms. The fraction of sp³-hybridized carbons (Fsp3) is 0.571. The van der Waals surface area contributed by atoms with Crippen LogP contribution in [0, 0.1) is 23.5 Å². The zero-order chi connectivity index (χ0) is 13.3. The Bertz CT molecular complexity index is 428. The van der Waals surface area contributed by atoms with Gasteiger partial charge in [0.2, 0.25) is 0 Å². The van der Waals surface area contributed by atoms with Crippen LogP contribution in [0.3, 0.4) is 0 Å². The summed E-state index contributed by atoms with van der Waals surface area (Å²) in [6, 6.07) is 3.95. The molecule has 0 amide bonds. The number of aliphatic hydroxyl groups is 1. The van der Waals surface area contributed by atoms with E-state index in [1.165, 1.54) is 6.07 Å². The fourth-order valence-corrected chi connectivity index (χ4v) is 2.75. The minimum atomic E-state index is -0.848. The number of hydrogen-bond donors (Lipinski definition) is 1. The summed E-state index contributed by atoms with van der Waals surface area (Å²) >= 11 is 0. The molecule has 2 nitrogen and oxygen atoms in total. The van der Waals surface area contributed by atoms with E-state index < -0.39 is 17.0 Å². The molecular weight excluding hydrogens is 238 g/mol. The minimum Gasteiger partial charge on any atom is -0.396 e. The Hall–Kier alpha value is -1.00. The summed E-state index contributed by atoms with van der Waals surface area (Å²) in [6.07, 6.45) is 0. The first kappa shape index (κ1) is 13.4. The third-order valence-corrected chi connectivity index (χ3v) is 3.92. The zero-order valence-electron chi connectivity index (χ0n) is 10.6. The largest absolute Gasteiger partial charge is 0.396 e. The predicted molar refractivity (Wildman–Crippen MR) is 64.3 cm³/mol. The molecule has 1 aromatic carbocycles. The van der Waals surface area contributed by atoms with Gasteiger partial charge in [-0.1, -0.05) is 19.9 Å². The highest BCUT2D eigenvalue weighted by atomic mass is 19.2. The van der Waals surface area contributed by atoms with Gasteiger partial charge in [0.1, 0.15) is 0 Å². The van der Waals surface area contributed by atoms with Crippen LogP contribution < -0.4 is 0 Å².